The van der Waals surface area contributed by atoms with Crippen LogP contribution in [0, 0.1) is 5.92 Å². The molecule has 8 heteroatoms. The normalized spacial score (nSPS) is 17.7. The maximum absolute atomic E-state index is 11.3. The summed E-state index contributed by atoms with van der Waals surface area (Å²) >= 11 is 1.44. The Bertz CT molecular complexity index is 764. The number of thiophene rings is 1. The second-order valence-corrected chi connectivity index (χ2v) is 7.78. The quantitative estimate of drug-likeness (QED) is 0.600. The maximum Gasteiger partial charge on any atom is 0.222 e. The van der Waals surface area contributed by atoms with Gasteiger partial charge < -0.3 is 26.2 Å². The Kier molecular flexibility index (Phi) is 6.29. The Morgan fingerprint density at radius 2 is 2.35 bits per heavy atom. The Hall–Kier alpha value is -1.90. The zero-order chi connectivity index (χ0) is 18.5. The van der Waals surface area contributed by atoms with Crippen molar-refractivity contribution in [1.29, 1.82) is 0 Å². The number of aliphatic hydroxyl groups excluding tert-OH is 1. The van der Waals surface area contributed by atoms with Crippen LogP contribution in [0.25, 0.3) is 10.2 Å². The zero-order valence-corrected chi connectivity index (χ0v) is 15.6. The number of primary amides is 1. The highest BCUT2D eigenvalue weighted by Crippen LogP contribution is 2.39. The summed E-state index contributed by atoms with van der Waals surface area (Å²) in [7, 11) is 0. The molecule has 2 aromatic rings. The first-order valence-corrected chi connectivity index (χ1v) is 9.79. The molecule has 1 atom stereocenters. The van der Waals surface area contributed by atoms with Gasteiger partial charge in [-0.05, 0) is 31.2 Å². The standard InChI is InChI=1S/C18H26N4O3S/c19-15(24)9-14-17(20)16-13(4-5-21-18(16)26-14)22-6-1-3-12(10-22)11-25-8-2-7-23/h4-5,12,23H,1-3,6-11,20H2,(H2,19,24). The molecule has 142 valence electrons. The molecule has 1 saturated heterocycles. The lowest BCUT2D eigenvalue weighted by molar-refractivity contribution is -0.117. The molecule has 3 heterocycles. The number of aromatic nitrogens is 1. The van der Waals surface area contributed by atoms with Gasteiger partial charge in [0.1, 0.15) is 4.83 Å². The van der Waals surface area contributed by atoms with Crippen LogP contribution in [-0.2, 0) is 16.0 Å². The number of amides is 1. The lowest BCUT2D eigenvalue weighted by atomic mass is 9.98. The fourth-order valence-electron chi connectivity index (χ4n) is 3.46. The predicted molar refractivity (Wildman–Crippen MR) is 104 cm³/mol. The lowest BCUT2D eigenvalue weighted by Crippen LogP contribution is -2.37. The van der Waals surface area contributed by atoms with E-state index in [0.29, 0.717) is 31.2 Å². The van der Waals surface area contributed by atoms with Crippen molar-refractivity contribution in [3.05, 3.63) is 17.1 Å². The second-order valence-electron chi connectivity index (χ2n) is 6.70. The van der Waals surface area contributed by atoms with E-state index in [-0.39, 0.29) is 18.9 Å². The predicted octanol–water partition coefficient (Wildman–Crippen LogP) is 1.52. The van der Waals surface area contributed by atoms with Crippen molar-refractivity contribution in [3.63, 3.8) is 0 Å². The van der Waals surface area contributed by atoms with Gasteiger partial charge in [-0.3, -0.25) is 4.79 Å². The number of nitrogens with zero attached hydrogens (tertiary/aromatic N) is 2. The van der Waals surface area contributed by atoms with Crippen molar-refractivity contribution in [3.8, 4) is 0 Å². The van der Waals surface area contributed by atoms with Crippen LogP contribution in [0.5, 0.6) is 0 Å². The van der Waals surface area contributed by atoms with Gasteiger partial charge in [0.15, 0.2) is 0 Å². The Morgan fingerprint density at radius 3 is 3.12 bits per heavy atom. The molecular formula is C18H26N4O3S. The highest BCUT2D eigenvalue weighted by Gasteiger charge is 2.24. The van der Waals surface area contributed by atoms with Crippen LogP contribution in [-0.4, -0.2) is 48.9 Å². The first kappa shape index (κ1) is 18.9. The first-order chi connectivity index (χ1) is 12.6. The number of rotatable bonds is 8. The summed E-state index contributed by atoms with van der Waals surface area (Å²) in [5, 5.41) is 9.77. The number of anilines is 2. The molecule has 1 fully saturated rings. The summed E-state index contributed by atoms with van der Waals surface area (Å²) in [5.74, 6) is 0.0680. The Balaban J connectivity index is 1.78. The van der Waals surface area contributed by atoms with Gasteiger partial charge >= 0.3 is 0 Å². The minimum Gasteiger partial charge on any atom is -0.397 e. The fraction of sp³-hybridized carbons (Fsp3) is 0.556. The number of pyridine rings is 1. The molecule has 0 bridgehead atoms. The van der Waals surface area contributed by atoms with Crippen LogP contribution in [0.2, 0.25) is 0 Å². The van der Waals surface area contributed by atoms with Gasteiger partial charge in [0.25, 0.3) is 0 Å². The Morgan fingerprint density at radius 1 is 1.50 bits per heavy atom. The molecule has 1 unspecified atom stereocenters. The number of piperidine rings is 1. The number of ether oxygens (including phenoxy) is 1. The van der Waals surface area contributed by atoms with Crippen molar-refractivity contribution < 1.29 is 14.6 Å². The average molecular weight is 378 g/mol. The Labute approximate surface area is 156 Å². The smallest absolute Gasteiger partial charge is 0.222 e. The van der Waals surface area contributed by atoms with Crippen LogP contribution < -0.4 is 16.4 Å². The monoisotopic (exact) mass is 378 g/mol. The summed E-state index contributed by atoms with van der Waals surface area (Å²) in [6.07, 6.45) is 4.85. The minimum absolute atomic E-state index is 0.146. The molecule has 2 aromatic heterocycles. The van der Waals surface area contributed by atoms with Crippen molar-refractivity contribution in [2.75, 3.05) is 43.5 Å². The summed E-state index contributed by atoms with van der Waals surface area (Å²) in [6.45, 7) is 3.33. The van der Waals surface area contributed by atoms with Gasteiger partial charge in [-0.2, -0.15) is 0 Å². The highest BCUT2D eigenvalue weighted by molar-refractivity contribution is 7.19. The van der Waals surface area contributed by atoms with E-state index in [4.69, 9.17) is 21.3 Å². The van der Waals surface area contributed by atoms with E-state index in [0.717, 1.165) is 46.7 Å². The van der Waals surface area contributed by atoms with Gasteiger partial charge in [0.05, 0.1) is 29.8 Å². The molecule has 0 aliphatic carbocycles. The number of nitrogens with two attached hydrogens (primary N) is 2. The highest BCUT2D eigenvalue weighted by atomic mass is 32.1. The van der Waals surface area contributed by atoms with Gasteiger partial charge in [-0.25, -0.2) is 4.98 Å². The van der Waals surface area contributed by atoms with E-state index in [1.165, 1.54) is 11.3 Å². The van der Waals surface area contributed by atoms with Crippen LogP contribution in [0.3, 0.4) is 0 Å². The number of aliphatic hydroxyl groups is 1. The van der Waals surface area contributed by atoms with E-state index in [9.17, 15) is 4.79 Å². The first-order valence-electron chi connectivity index (χ1n) is 8.98. The topological polar surface area (TPSA) is 115 Å². The van der Waals surface area contributed by atoms with Crippen molar-refractivity contribution in [2.24, 2.45) is 11.7 Å². The molecule has 3 rings (SSSR count). The molecule has 0 aromatic carbocycles. The van der Waals surface area contributed by atoms with Crippen LogP contribution in [0.15, 0.2) is 12.3 Å². The van der Waals surface area contributed by atoms with E-state index in [1.54, 1.807) is 6.20 Å². The SMILES string of the molecule is NC(=O)Cc1sc2nccc(N3CCCC(COCCCO)C3)c2c1N. The van der Waals surface area contributed by atoms with Gasteiger partial charge in [0.2, 0.25) is 5.91 Å². The third kappa shape index (κ3) is 4.25. The molecule has 1 amide bonds. The molecule has 0 spiro atoms. The molecule has 0 radical (unpaired) electrons. The molecule has 0 saturated carbocycles. The van der Waals surface area contributed by atoms with E-state index >= 15 is 0 Å². The number of carbonyl (C=O) groups excluding carboxylic acids is 1. The molecule has 1 aliphatic rings. The van der Waals surface area contributed by atoms with E-state index in [1.807, 2.05) is 6.07 Å². The summed E-state index contributed by atoms with van der Waals surface area (Å²) < 4.78 is 5.68. The zero-order valence-electron chi connectivity index (χ0n) is 14.8. The average Bonchev–Trinajstić information content (AvgIpc) is 2.94. The molecule has 5 N–H and O–H groups in total. The lowest BCUT2D eigenvalue weighted by Gasteiger charge is -2.34. The molecular weight excluding hydrogens is 352 g/mol. The number of hydrogen-bond acceptors (Lipinski definition) is 7. The van der Waals surface area contributed by atoms with Crippen molar-refractivity contribution in [2.45, 2.75) is 25.7 Å². The van der Waals surface area contributed by atoms with E-state index in [2.05, 4.69) is 9.88 Å². The van der Waals surface area contributed by atoms with Crippen molar-refractivity contribution >= 4 is 38.8 Å². The number of hydrogen-bond donors (Lipinski definition) is 3. The summed E-state index contributed by atoms with van der Waals surface area (Å²) in [5.41, 5.74) is 13.4. The molecule has 1 aliphatic heterocycles. The number of nitrogen functional groups attached to an aromatic ring is 1. The van der Waals surface area contributed by atoms with Gasteiger partial charge in [-0.1, -0.05) is 0 Å². The minimum atomic E-state index is -0.386. The van der Waals surface area contributed by atoms with Crippen LogP contribution in [0.4, 0.5) is 11.4 Å². The largest absolute Gasteiger partial charge is 0.397 e. The van der Waals surface area contributed by atoms with E-state index < -0.39 is 0 Å². The fourth-order valence-corrected chi connectivity index (χ4v) is 4.55. The van der Waals surface area contributed by atoms with Crippen LogP contribution >= 0.6 is 11.3 Å². The van der Waals surface area contributed by atoms with Gasteiger partial charge in [0, 0.05) is 37.4 Å². The van der Waals surface area contributed by atoms with Gasteiger partial charge in [-0.15, -0.1) is 11.3 Å². The molecule has 7 nitrogen and oxygen atoms in total. The third-order valence-corrected chi connectivity index (χ3v) is 5.79. The summed E-state index contributed by atoms with van der Waals surface area (Å²) in [4.78, 5) is 19.7. The summed E-state index contributed by atoms with van der Waals surface area (Å²) in [6, 6.07) is 1.99. The van der Waals surface area contributed by atoms with Crippen molar-refractivity contribution in [1.82, 2.24) is 4.98 Å². The maximum atomic E-state index is 11.3. The molecule has 26 heavy (non-hydrogen) atoms. The third-order valence-electron chi connectivity index (χ3n) is 4.68. The second kappa shape index (κ2) is 8.66. The number of fused-ring (bicyclic) bond motifs is 1. The van der Waals surface area contributed by atoms with Crippen LogP contribution in [0.1, 0.15) is 24.1 Å². The number of carbonyl (C=O) groups is 1.